The van der Waals surface area contributed by atoms with Crippen LogP contribution in [0.5, 0.6) is 11.5 Å². The Morgan fingerprint density at radius 3 is 2.43 bits per heavy atom. The lowest BCUT2D eigenvalue weighted by molar-refractivity contribution is -0.121. The van der Waals surface area contributed by atoms with Crippen molar-refractivity contribution in [3.63, 3.8) is 0 Å². The number of anilines is 1. The minimum Gasteiger partial charge on any atom is -0.493 e. The number of nitrogens with zero attached hydrogens (tertiary/aromatic N) is 3. The highest BCUT2D eigenvalue weighted by molar-refractivity contribution is 5.96. The number of hydrogen-bond donors (Lipinski definition) is 1. The maximum Gasteiger partial charge on any atom is 0.253 e. The molecule has 2 heterocycles. The summed E-state index contributed by atoms with van der Waals surface area (Å²) in [7, 11) is 4.95. The normalized spacial score (nSPS) is 14.5. The van der Waals surface area contributed by atoms with Crippen LogP contribution in [0.3, 0.4) is 0 Å². The van der Waals surface area contributed by atoms with Crippen molar-refractivity contribution >= 4 is 17.6 Å². The van der Waals surface area contributed by atoms with Gasteiger partial charge in [-0.2, -0.15) is 5.10 Å². The number of carbonyl (C=O) groups excluding carboxylic acids is 2. The Balaban J connectivity index is 1.62. The molecule has 1 aromatic heterocycles. The van der Waals surface area contributed by atoms with Crippen LogP contribution >= 0.6 is 0 Å². The molecule has 1 saturated heterocycles. The van der Waals surface area contributed by atoms with Crippen LogP contribution in [-0.2, 0) is 18.3 Å². The average molecular weight is 415 g/mol. The molecule has 30 heavy (non-hydrogen) atoms. The van der Waals surface area contributed by atoms with Crippen LogP contribution in [-0.4, -0.2) is 53.8 Å². The predicted molar refractivity (Wildman–Crippen MR) is 114 cm³/mol. The summed E-state index contributed by atoms with van der Waals surface area (Å²) in [5, 5.41) is 7.46. The number of methoxy groups -OCH3 is 2. The summed E-state index contributed by atoms with van der Waals surface area (Å²) in [6, 6.07) is 5.16. The highest BCUT2D eigenvalue weighted by Crippen LogP contribution is 2.29. The zero-order chi connectivity index (χ0) is 21.8. The lowest BCUT2D eigenvalue weighted by atomic mass is 9.95. The number of benzene rings is 1. The third-order valence-electron chi connectivity index (χ3n) is 5.72. The van der Waals surface area contributed by atoms with Crippen molar-refractivity contribution in [1.29, 1.82) is 0 Å². The second kappa shape index (κ2) is 9.19. The minimum atomic E-state index is -0.126. The molecule has 0 bridgehead atoms. The molecule has 1 N–H and O–H groups in total. The number of ether oxygens (including phenoxy) is 2. The first kappa shape index (κ1) is 21.7. The topological polar surface area (TPSA) is 85.7 Å². The molecular weight excluding hydrogens is 384 g/mol. The van der Waals surface area contributed by atoms with Gasteiger partial charge < -0.3 is 19.7 Å². The molecule has 1 aliphatic heterocycles. The molecule has 2 amide bonds. The zero-order valence-electron chi connectivity index (χ0n) is 18.3. The van der Waals surface area contributed by atoms with Crippen molar-refractivity contribution in [2.24, 2.45) is 13.0 Å². The molecule has 0 unspecified atom stereocenters. The van der Waals surface area contributed by atoms with Gasteiger partial charge in [-0.15, -0.1) is 0 Å². The number of amides is 2. The summed E-state index contributed by atoms with van der Waals surface area (Å²) in [6.45, 7) is 5.08. The highest BCUT2D eigenvalue weighted by atomic mass is 16.5. The van der Waals surface area contributed by atoms with Gasteiger partial charge in [-0.3, -0.25) is 14.3 Å². The highest BCUT2D eigenvalue weighted by Gasteiger charge is 2.29. The Bertz CT molecular complexity index is 929. The van der Waals surface area contributed by atoms with E-state index in [0.717, 1.165) is 23.5 Å². The number of carbonyl (C=O) groups is 2. The van der Waals surface area contributed by atoms with Crippen LogP contribution in [0.25, 0.3) is 0 Å². The zero-order valence-corrected chi connectivity index (χ0v) is 18.3. The molecular formula is C22H30N4O4. The fraction of sp³-hybridized carbons (Fsp3) is 0.500. The molecule has 0 aliphatic carbocycles. The maximum absolute atomic E-state index is 12.9. The fourth-order valence-electron chi connectivity index (χ4n) is 4.00. The predicted octanol–water partition coefficient (Wildman–Crippen LogP) is 2.80. The van der Waals surface area contributed by atoms with E-state index in [1.165, 1.54) is 0 Å². The van der Waals surface area contributed by atoms with E-state index in [2.05, 4.69) is 17.3 Å². The van der Waals surface area contributed by atoms with E-state index in [0.29, 0.717) is 43.0 Å². The first-order valence-corrected chi connectivity index (χ1v) is 10.2. The van der Waals surface area contributed by atoms with Crippen molar-refractivity contribution in [3.8, 4) is 11.5 Å². The van der Waals surface area contributed by atoms with Crippen molar-refractivity contribution in [3.05, 3.63) is 35.0 Å². The lowest BCUT2D eigenvalue weighted by Crippen LogP contribution is -2.41. The molecule has 3 rings (SSSR count). The van der Waals surface area contributed by atoms with Gasteiger partial charge in [0.15, 0.2) is 11.5 Å². The van der Waals surface area contributed by atoms with Crippen molar-refractivity contribution < 1.29 is 19.1 Å². The second-order valence-electron chi connectivity index (χ2n) is 7.52. The van der Waals surface area contributed by atoms with Gasteiger partial charge in [0.25, 0.3) is 5.91 Å². The maximum atomic E-state index is 12.9. The average Bonchev–Trinajstić information content (AvgIpc) is 3.04. The van der Waals surface area contributed by atoms with E-state index < -0.39 is 0 Å². The standard InChI is InChI=1S/C22H30N4O4/c1-6-17-14(2)24-25(3)20(17)23-21(27)15-9-11-26(12-10-15)22(28)16-7-8-18(29-4)19(13-16)30-5/h7-8,13,15H,6,9-12H2,1-5H3,(H,23,27). The molecule has 8 heteroatoms. The first-order chi connectivity index (χ1) is 14.4. The molecule has 1 fully saturated rings. The van der Waals surface area contributed by atoms with E-state index in [-0.39, 0.29) is 17.7 Å². The molecule has 0 atom stereocenters. The summed E-state index contributed by atoms with van der Waals surface area (Å²) < 4.78 is 12.2. The van der Waals surface area contributed by atoms with Gasteiger partial charge in [0.1, 0.15) is 5.82 Å². The van der Waals surface area contributed by atoms with Gasteiger partial charge >= 0.3 is 0 Å². The Hall–Kier alpha value is -3.03. The van der Waals surface area contributed by atoms with Gasteiger partial charge in [-0.1, -0.05) is 6.92 Å². The van der Waals surface area contributed by atoms with Crippen LogP contribution in [0.4, 0.5) is 5.82 Å². The second-order valence-corrected chi connectivity index (χ2v) is 7.52. The van der Waals surface area contributed by atoms with Gasteiger partial charge in [0.05, 0.1) is 19.9 Å². The monoisotopic (exact) mass is 414 g/mol. The van der Waals surface area contributed by atoms with Crippen LogP contribution < -0.4 is 14.8 Å². The number of hydrogen-bond acceptors (Lipinski definition) is 5. The lowest BCUT2D eigenvalue weighted by Gasteiger charge is -2.31. The minimum absolute atomic E-state index is 0.00841. The van der Waals surface area contributed by atoms with Crippen molar-refractivity contribution in [1.82, 2.24) is 14.7 Å². The molecule has 1 aliphatic rings. The van der Waals surface area contributed by atoms with Gasteiger partial charge in [0.2, 0.25) is 5.91 Å². The quantitative estimate of drug-likeness (QED) is 0.786. The van der Waals surface area contributed by atoms with Crippen LogP contribution in [0, 0.1) is 12.8 Å². The number of aromatic nitrogens is 2. The largest absolute Gasteiger partial charge is 0.493 e. The Morgan fingerprint density at radius 1 is 1.17 bits per heavy atom. The van der Waals surface area contributed by atoms with E-state index in [9.17, 15) is 9.59 Å². The summed E-state index contributed by atoms with van der Waals surface area (Å²) in [6.07, 6.45) is 2.07. The summed E-state index contributed by atoms with van der Waals surface area (Å²) in [4.78, 5) is 27.5. The third kappa shape index (κ3) is 4.27. The van der Waals surface area contributed by atoms with Gasteiger partial charge in [0, 0.05) is 37.2 Å². The Kier molecular flexibility index (Phi) is 6.64. The Morgan fingerprint density at radius 2 is 1.83 bits per heavy atom. The first-order valence-electron chi connectivity index (χ1n) is 10.2. The number of nitrogens with one attached hydrogen (secondary N) is 1. The summed E-state index contributed by atoms with van der Waals surface area (Å²) >= 11 is 0. The molecule has 8 nitrogen and oxygen atoms in total. The number of likely N-dealkylation sites (tertiary alicyclic amines) is 1. The molecule has 2 aromatic rings. The number of piperidine rings is 1. The van der Waals surface area contributed by atoms with Crippen molar-refractivity contribution in [2.45, 2.75) is 33.1 Å². The van der Waals surface area contributed by atoms with Crippen molar-refractivity contribution in [2.75, 3.05) is 32.6 Å². The van der Waals surface area contributed by atoms with E-state index in [4.69, 9.17) is 9.47 Å². The van der Waals surface area contributed by atoms with Crippen LogP contribution in [0.15, 0.2) is 18.2 Å². The molecule has 0 spiro atoms. The van der Waals surface area contributed by atoms with E-state index >= 15 is 0 Å². The molecule has 162 valence electrons. The molecule has 0 saturated carbocycles. The van der Waals surface area contributed by atoms with E-state index in [1.807, 2.05) is 14.0 Å². The van der Waals surface area contributed by atoms with E-state index in [1.54, 1.807) is 42.0 Å². The summed E-state index contributed by atoms with van der Waals surface area (Å²) in [5.74, 6) is 1.68. The van der Waals surface area contributed by atoms with Crippen LogP contribution in [0.2, 0.25) is 0 Å². The van der Waals surface area contributed by atoms with Crippen LogP contribution in [0.1, 0.15) is 41.4 Å². The third-order valence-corrected chi connectivity index (χ3v) is 5.72. The number of rotatable bonds is 6. The summed E-state index contributed by atoms with van der Waals surface area (Å²) in [5.41, 5.74) is 2.55. The number of aryl methyl sites for hydroxylation is 2. The smallest absolute Gasteiger partial charge is 0.253 e. The molecule has 1 aromatic carbocycles. The SMILES string of the molecule is CCc1c(C)nn(C)c1NC(=O)C1CCN(C(=O)c2ccc(OC)c(OC)c2)CC1. The van der Waals surface area contributed by atoms with Gasteiger partial charge in [-0.25, -0.2) is 0 Å². The molecule has 0 radical (unpaired) electrons. The Labute approximate surface area is 177 Å². The fourth-order valence-corrected chi connectivity index (χ4v) is 4.00. The van der Waals surface area contributed by atoms with Gasteiger partial charge in [-0.05, 0) is 44.4 Å².